The summed E-state index contributed by atoms with van der Waals surface area (Å²) in [6, 6.07) is 21.5. The number of para-hydroxylation sites is 1. The predicted molar refractivity (Wildman–Crippen MR) is 121 cm³/mol. The first-order valence-electron chi connectivity index (χ1n) is 9.79. The van der Waals surface area contributed by atoms with Crippen LogP contribution in [0.15, 0.2) is 85.1 Å². The first kappa shape index (κ1) is 20.2. The number of carbonyl (C=O) groups is 1. The van der Waals surface area contributed by atoms with Crippen LogP contribution in [0.5, 0.6) is 17.2 Å². The van der Waals surface area contributed by atoms with Crippen molar-refractivity contribution in [2.75, 3.05) is 7.11 Å². The number of fused-ring (bicyclic) bond motifs is 1. The number of phenols is 1. The number of ether oxygens (including phenoxy) is 2. The number of ketones is 1. The normalized spacial score (nSPS) is 11.0. The summed E-state index contributed by atoms with van der Waals surface area (Å²) in [5.74, 6) is 1.39. The van der Waals surface area contributed by atoms with Crippen molar-refractivity contribution in [1.82, 2.24) is 4.98 Å². The summed E-state index contributed by atoms with van der Waals surface area (Å²) in [7, 11) is 1.61. The van der Waals surface area contributed by atoms with Gasteiger partial charge in [0.25, 0.3) is 0 Å². The minimum atomic E-state index is -0.143. The summed E-state index contributed by atoms with van der Waals surface area (Å²) in [6.07, 6.45) is 5.00. The van der Waals surface area contributed by atoms with Gasteiger partial charge in [-0.2, -0.15) is 0 Å². The van der Waals surface area contributed by atoms with Gasteiger partial charge >= 0.3 is 0 Å². The molecule has 4 rings (SSSR count). The Kier molecular flexibility index (Phi) is 5.94. The zero-order chi connectivity index (χ0) is 21.6. The van der Waals surface area contributed by atoms with Crippen LogP contribution in [0.4, 0.5) is 0 Å². The van der Waals surface area contributed by atoms with E-state index in [0.717, 1.165) is 22.0 Å². The Balaban J connectivity index is 1.53. The first-order valence-corrected chi connectivity index (χ1v) is 9.79. The topological polar surface area (TPSA) is 68.7 Å². The number of aromatic nitrogens is 1. The van der Waals surface area contributed by atoms with E-state index in [4.69, 9.17) is 9.47 Å². The van der Waals surface area contributed by atoms with Gasteiger partial charge < -0.3 is 14.6 Å². The largest absolute Gasteiger partial charge is 0.508 e. The molecule has 0 unspecified atom stereocenters. The van der Waals surface area contributed by atoms with Crippen LogP contribution in [0.2, 0.25) is 0 Å². The van der Waals surface area contributed by atoms with Crippen LogP contribution < -0.4 is 9.47 Å². The van der Waals surface area contributed by atoms with Crippen molar-refractivity contribution in [3.8, 4) is 17.2 Å². The number of hydrogen-bond acceptors (Lipinski definition) is 5. The summed E-state index contributed by atoms with van der Waals surface area (Å²) < 4.78 is 11.5. The van der Waals surface area contributed by atoms with Crippen molar-refractivity contribution in [3.05, 3.63) is 102 Å². The monoisotopic (exact) mass is 411 g/mol. The zero-order valence-electron chi connectivity index (χ0n) is 17.0. The van der Waals surface area contributed by atoms with Gasteiger partial charge in [0.05, 0.1) is 7.11 Å². The van der Waals surface area contributed by atoms with Crippen LogP contribution in [-0.4, -0.2) is 23.0 Å². The van der Waals surface area contributed by atoms with E-state index in [1.54, 1.807) is 31.5 Å². The van der Waals surface area contributed by atoms with Crippen molar-refractivity contribution >= 4 is 22.8 Å². The molecule has 0 saturated carbocycles. The van der Waals surface area contributed by atoms with Crippen molar-refractivity contribution in [1.29, 1.82) is 0 Å². The number of methoxy groups -OCH3 is 1. The van der Waals surface area contributed by atoms with Crippen molar-refractivity contribution in [3.63, 3.8) is 0 Å². The molecule has 1 aromatic heterocycles. The Morgan fingerprint density at radius 1 is 1.00 bits per heavy atom. The van der Waals surface area contributed by atoms with Crippen molar-refractivity contribution in [2.24, 2.45) is 0 Å². The fraction of sp³-hybridized carbons (Fsp3) is 0.0769. The van der Waals surface area contributed by atoms with E-state index >= 15 is 0 Å². The minimum absolute atomic E-state index is 0.127. The fourth-order valence-electron chi connectivity index (χ4n) is 3.26. The van der Waals surface area contributed by atoms with Crippen LogP contribution >= 0.6 is 0 Å². The summed E-state index contributed by atoms with van der Waals surface area (Å²) in [6.45, 7) is 0.298. The third-order valence-corrected chi connectivity index (χ3v) is 4.86. The van der Waals surface area contributed by atoms with E-state index in [1.165, 1.54) is 18.2 Å². The molecule has 0 saturated heterocycles. The number of nitrogens with zero attached hydrogens (tertiary/aromatic N) is 1. The molecular formula is C26H21NO4. The summed E-state index contributed by atoms with van der Waals surface area (Å²) in [4.78, 5) is 16.8. The van der Waals surface area contributed by atoms with E-state index in [0.29, 0.717) is 23.7 Å². The predicted octanol–water partition coefficient (Wildman–Crippen LogP) is 5.42. The van der Waals surface area contributed by atoms with E-state index in [2.05, 4.69) is 4.98 Å². The van der Waals surface area contributed by atoms with Gasteiger partial charge in [0.15, 0.2) is 5.78 Å². The highest BCUT2D eigenvalue weighted by atomic mass is 16.5. The Morgan fingerprint density at radius 2 is 1.81 bits per heavy atom. The molecule has 0 amide bonds. The lowest BCUT2D eigenvalue weighted by atomic mass is 10.1. The molecule has 5 nitrogen and oxygen atoms in total. The second-order valence-electron chi connectivity index (χ2n) is 6.94. The SMILES string of the molecule is COc1ccc(/C=C/C(=O)c2ccc(O)cc2)cc1COc1cccc2cccnc12. The van der Waals surface area contributed by atoms with Gasteiger partial charge in [-0.25, -0.2) is 0 Å². The smallest absolute Gasteiger partial charge is 0.185 e. The second-order valence-corrected chi connectivity index (χ2v) is 6.94. The van der Waals surface area contributed by atoms with E-state index in [-0.39, 0.29) is 11.5 Å². The van der Waals surface area contributed by atoms with Crippen LogP contribution in [0.25, 0.3) is 17.0 Å². The number of allylic oxidation sites excluding steroid dienone is 1. The van der Waals surface area contributed by atoms with Gasteiger partial charge in [0, 0.05) is 22.7 Å². The lowest BCUT2D eigenvalue weighted by Crippen LogP contribution is -2.00. The number of rotatable bonds is 7. The van der Waals surface area contributed by atoms with Gasteiger partial charge in [-0.1, -0.05) is 30.3 Å². The van der Waals surface area contributed by atoms with Crippen LogP contribution in [0.3, 0.4) is 0 Å². The second kappa shape index (κ2) is 9.13. The molecule has 0 atom stereocenters. The molecule has 0 aliphatic carbocycles. The molecule has 3 aromatic carbocycles. The van der Waals surface area contributed by atoms with Gasteiger partial charge in [0.1, 0.15) is 29.4 Å². The van der Waals surface area contributed by atoms with Gasteiger partial charge in [-0.15, -0.1) is 0 Å². The number of hydrogen-bond donors (Lipinski definition) is 1. The Hall–Kier alpha value is -4.12. The molecule has 0 spiro atoms. The first-order chi connectivity index (χ1) is 15.1. The van der Waals surface area contributed by atoms with Gasteiger partial charge in [-0.05, 0) is 60.2 Å². The highest BCUT2D eigenvalue weighted by Gasteiger charge is 2.08. The summed E-state index contributed by atoms with van der Waals surface area (Å²) in [5.41, 5.74) is 3.02. The zero-order valence-corrected chi connectivity index (χ0v) is 17.0. The maximum absolute atomic E-state index is 12.3. The molecule has 5 heteroatoms. The molecule has 0 aliphatic rings. The van der Waals surface area contributed by atoms with Gasteiger partial charge in [0.2, 0.25) is 0 Å². The van der Waals surface area contributed by atoms with Crippen LogP contribution in [0, 0.1) is 0 Å². The summed E-state index contributed by atoms with van der Waals surface area (Å²) >= 11 is 0. The van der Waals surface area contributed by atoms with E-state index < -0.39 is 0 Å². The number of carbonyl (C=O) groups excluding carboxylic acids is 1. The molecule has 4 aromatic rings. The van der Waals surface area contributed by atoms with Crippen molar-refractivity contribution < 1.29 is 19.4 Å². The Bertz CT molecular complexity index is 1240. The summed E-state index contributed by atoms with van der Waals surface area (Å²) in [5, 5.41) is 10.4. The maximum atomic E-state index is 12.3. The molecule has 0 fully saturated rings. The fourth-order valence-corrected chi connectivity index (χ4v) is 3.26. The lowest BCUT2D eigenvalue weighted by molar-refractivity contribution is 0.104. The van der Waals surface area contributed by atoms with Crippen LogP contribution in [-0.2, 0) is 6.61 Å². The molecule has 0 bridgehead atoms. The van der Waals surface area contributed by atoms with Crippen LogP contribution in [0.1, 0.15) is 21.5 Å². The molecule has 31 heavy (non-hydrogen) atoms. The number of benzene rings is 3. The van der Waals surface area contributed by atoms with Crippen molar-refractivity contribution in [2.45, 2.75) is 6.61 Å². The highest BCUT2D eigenvalue weighted by Crippen LogP contribution is 2.27. The minimum Gasteiger partial charge on any atom is -0.508 e. The average Bonchev–Trinajstić information content (AvgIpc) is 2.81. The Labute approximate surface area is 180 Å². The van der Waals surface area contributed by atoms with E-state index in [9.17, 15) is 9.90 Å². The quantitative estimate of drug-likeness (QED) is 0.325. The Morgan fingerprint density at radius 3 is 2.61 bits per heavy atom. The van der Waals surface area contributed by atoms with Gasteiger partial charge in [-0.3, -0.25) is 9.78 Å². The molecular weight excluding hydrogens is 390 g/mol. The maximum Gasteiger partial charge on any atom is 0.185 e. The standard InChI is InChI=1S/C26H21NO4/c1-30-24-14-8-18(7-13-23(29)19-9-11-22(28)12-10-19)16-21(24)17-31-25-6-2-4-20-5-3-15-27-26(20)25/h2-16,28H,17H2,1H3/b13-7+. The van der Waals surface area contributed by atoms with E-state index in [1.807, 2.05) is 48.5 Å². The highest BCUT2D eigenvalue weighted by molar-refractivity contribution is 6.06. The molecule has 0 radical (unpaired) electrons. The number of phenolic OH excluding ortho intramolecular Hbond substituents is 1. The molecule has 0 aliphatic heterocycles. The molecule has 1 heterocycles. The lowest BCUT2D eigenvalue weighted by Gasteiger charge is -2.12. The number of pyridine rings is 1. The molecule has 1 N–H and O–H groups in total. The average molecular weight is 411 g/mol. The third kappa shape index (κ3) is 4.73. The third-order valence-electron chi connectivity index (χ3n) is 4.86. The number of aromatic hydroxyl groups is 1. The molecule has 154 valence electrons.